The van der Waals surface area contributed by atoms with Crippen LogP contribution in [0.3, 0.4) is 0 Å². The van der Waals surface area contributed by atoms with E-state index in [0.717, 1.165) is 25.7 Å². The molecule has 1 rings (SSSR count). The molecule has 0 heterocycles. The zero-order valence-electron chi connectivity index (χ0n) is 13.2. The molecule has 120 valence electrons. The average molecular weight is 313 g/mol. The van der Waals surface area contributed by atoms with E-state index in [1.807, 2.05) is 13.8 Å². The van der Waals surface area contributed by atoms with Crippen LogP contribution in [-0.4, -0.2) is 28.9 Å². The van der Waals surface area contributed by atoms with Crippen LogP contribution in [0.15, 0.2) is 0 Å². The lowest BCUT2D eigenvalue weighted by Gasteiger charge is -2.32. The van der Waals surface area contributed by atoms with E-state index in [4.69, 9.17) is 18.0 Å². The van der Waals surface area contributed by atoms with Gasteiger partial charge in [0.15, 0.2) is 0 Å². The highest BCUT2D eigenvalue weighted by molar-refractivity contribution is 7.80. The minimum atomic E-state index is -0.840. The SMILES string of the molecule is CCCC(CCC)(C(=O)NC(C)C(=O)NC1CC1)C(N)=S. The summed E-state index contributed by atoms with van der Waals surface area (Å²) in [6.07, 6.45) is 4.89. The number of thiocarbonyl (C=S) groups is 1. The molecule has 1 saturated carbocycles. The summed E-state index contributed by atoms with van der Waals surface area (Å²) in [6, 6.07) is -0.288. The molecule has 0 spiro atoms. The van der Waals surface area contributed by atoms with Crippen LogP contribution in [0.2, 0.25) is 0 Å². The Morgan fingerprint density at radius 2 is 1.81 bits per heavy atom. The molecule has 1 aliphatic carbocycles. The smallest absolute Gasteiger partial charge is 0.242 e. The molecule has 5 nitrogen and oxygen atoms in total. The third-order valence-corrected chi connectivity index (χ3v) is 4.32. The van der Waals surface area contributed by atoms with Gasteiger partial charge in [-0.2, -0.15) is 0 Å². The van der Waals surface area contributed by atoms with Crippen molar-refractivity contribution in [2.45, 2.75) is 71.4 Å². The molecule has 0 aromatic carbocycles. The van der Waals surface area contributed by atoms with E-state index in [-0.39, 0.29) is 22.8 Å². The van der Waals surface area contributed by atoms with E-state index in [0.29, 0.717) is 12.8 Å². The third kappa shape index (κ3) is 4.66. The van der Waals surface area contributed by atoms with Gasteiger partial charge in [-0.15, -0.1) is 0 Å². The Morgan fingerprint density at radius 3 is 2.19 bits per heavy atom. The van der Waals surface area contributed by atoms with Crippen molar-refractivity contribution in [3.63, 3.8) is 0 Å². The van der Waals surface area contributed by atoms with Crippen LogP contribution in [0, 0.1) is 5.41 Å². The number of rotatable bonds is 9. The molecule has 21 heavy (non-hydrogen) atoms. The fourth-order valence-electron chi connectivity index (χ4n) is 2.52. The lowest BCUT2D eigenvalue weighted by atomic mass is 9.78. The molecule has 6 heteroatoms. The van der Waals surface area contributed by atoms with Crippen LogP contribution in [-0.2, 0) is 9.59 Å². The van der Waals surface area contributed by atoms with Crippen LogP contribution in [0.1, 0.15) is 59.3 Å². The van der Waals surface area contributed by atoms with Crippen LogP contribution in [0.25, 0.3) is 0 Å². The van der Waals surface area contributed by atoms with E-state index < -0.39 is 11.5 Å². The molecule has 0 bridgehead atoms. The first kappa shape index (κ1) is 17.9. The number of nitrogens with two attached hydrogens (primary N) is 1. The van der Waals surface area contributed by atoms with Gasteiger partial charge in [-0.3, -0.25) is 9.59 Å². The van der Waals surface area contributed by atoms with Crippen molar-refractivity contribution in [2.24, 2.45) is 11.1 Å². The summed E-state index contributed by atoms with van der Waals surface area (Å²) in [6.45, 7) is 5.69. The Bertz CT molecular complexity index is 402. The summed E-state index contributed by atoms with van der Waals surface area (Å²) in [5.41, 5.74) is 5.02. The largest absolute Gasteiger partial charge is 0.392 e. The van der Waals surface area contributed by atoms with E-state index in [1.54, 1.807) is 6.92 Å². The first-order valence-electron chi connectivity index (χ1n) is 7.78. The Balaban J connectivity index is 2.74. The van der Waals surface area contributed by atoms with Crippen molar-refractivity contribution < 1.29 is 9.59 Å². The second kappa shape index (κ2) is 7.73. The van der Waals surface area contributed by atoms with E-state index in [1.165, 1.54) is 0 Å². The molecule has 1 unspecified atom stereocenters. The summed E-state index contributed by atoms with van der Waals surface area (Å²) in [4.78, 5) is 24.8. The molecule has 0 aromatic rings. The van der Waals surface area contributed by atoms with Crippen LogP contribution < -0.4 is 16.4 Å². The Labute approximate surface area is 132 Å². The molecular formula is C15H27N3O2S. The maximum absolute atomic E-state index is 12.6. The predicted octanol–water partition coefficient (Wildman–Crippen LogP) is 1.64. The molecule has 0 radical (unpaired) electrons. The van der Waals surface area contributed by atoms with Gasteiger partial charge < -0.3 is 16.4 Å². The van der Waals surface area contributed by atoms with E-state index >= 15 is 0 Å². The molecule has 1 aliphatic rings. The van der Waals surface area contributed by atoms with Gasteiger partial charge in [0.25, 0.3) is 0 Å². The monoisotopic (exact) mass is 313 g/mol. The third-order valence-electron chi connectivity index (χ3n) is 3.92. The van der Waals surface area contributed by atoms with Crippen molar-refractivity contribution in [3.05, 3.63) is 0 Å². The van der Waals surface area contributed by atoms with Crippen molar-refractivity contribution in [3.8, 4) is 0 Å². The van der Waals surface area contributed by atoms with Crippen LogP contribution >= 0.6 is 12.2 Å². The summed E-state index contributed by atoms with van der Waals surface area (Å²) in [5, 5.41) is 5.67. The molecule has 0 saturated heterocycles. The number of carbonyl (C=O) groups is 2. The molecule has 0 aliphatic heterocycles. The summed E-state index contributed by atoms with van der Waals surface area (Å²) < 4.78 is 0. The lowest BCUT2D eigenvalue weighted by Crippen LogP contribution is -2.54. The molecule has 4 N–H and O–H groups in total. The minimum Gasteiger partial charge on any atom is -0.392 e. The maximum Gasteiger partial charge on any atom is 0.242 e. The van der Waals surface area contributed by atoms with Gasteiger partial charge in [-0.25, -0.2) is 0 Å². The second-order valence-corrected chi connectivity index (χ2v) is 6.36. The topological polar surface area (TPSA) is 84.2 Å². The molecule has 1 atom stereocenters. The standard InChI is InChI=1S/C15H27N3O2S/c1-4-8-15(9-5-2,13(16)21)14(20)17-10(3)12(19)18-11-6-7-11/h10-11H,4-9H2,1-3H3,(H2,16,21)(H,17,20)(H,18,19). The number of nitrogens with one attached hydrogen (secondary N) is 2. The normalized spacial score (nSPS) is 16.1. The Kier molecular flexibility index (Phi) is 6.58. The van der Waals surface area contributed by atoms with Gasteiger partial charge in [-0.05, 0) is 32.6 Å². The lowest BCUT2D eigenvalue weighted by molar-refractivity contribution is -0.133. The van der Waals surface area contributed by atoms with Crippen molar-refractivity contribution >= 4 is 29.0 Å². The Morgan fingerprint density at radius 1 is 1.29 bits per heavy atom. The molecular weight excluding hydrogens is 286 g/mol. The minimum absolute atomic E-state index is 0.143. The number of carbonyl (C=O) groups excluding carboxylic acids is 2. The van der Waals surface area contributed by atoms with Gasteiger partial charge in [0, 0.05) is 6.04 Å². The van der Waals surface area contributed by atoms with Crippen molar-refractivity contribution in [1.29, 1.82) is 0 Å². The predicted molar refractivity (Wildman–Crippen MR) is 87.8 cm³/mol. The zero-order valence-corrected chi connectivity index (χ0v) is 14.0. The fraction of sp³-hybridized carbons (Fsp3) is 0.800. The highest BCUT2D eigenvalue weighted by atomic mass is 32.1. The molecule has 1 fully saturated rings. The van der Waals surface area contributed by atoms with Gasteiger partial charge >= 0.3 is 0 Å². The fourth-order valence-corrected chi connectivity index (χ4v) is 2.81. The number of hydrogen-bond donors (Lipinski definition) is 3. The molecule has 0 aromatic heterocycles. The number of amides is 2. The highest BCUT2D eigenvalue weighted by Crippen LogP contribution is 2.31. The van der Waals surface area contributed by atoms with Crippen molar-refractivity contribution in [1.82, 2.24) is 10.6 Å². The number of hydrogen-bond acceptors (Lipinski definition) is 3. The second-order valence-electron chi connectivity index (χ2n) is 5.92. The zero-order chi connectivity index (χ0) is 16.0. The first-order valence-corrected chi connectivity index (χ1v) is 8.19. The van der Waals surface area contributed by atoms with Crippen LogP contribution in [0.4, 0.5) is 0 Å². The first-order chi connectivity index (χ1) is 9.87. The van der Waals surface area contributed by atoms with Crippen LogP contribution in [0.5, 0.6) is 0 Å². The summed E-state index contributed by atoms with van der Waals surface area (Å²) in [5.74, 6) is -0.368. The average Bonchev–Trinajstić information content (AvgIpc) is 3.21. The highest BCUT2D eigenvalue weighted by Gasteiger charge is 2.41. The Hall–Kier alpha value is -1.17. The molecule has 2 amide bonds. The van der Waals surface area contributed by atoms with Gasteiger partial charge in [0.2, 0.25) is 11.8 Å². The van der Waals surface area contributed by atoms with E-state index in [9.17, 15) is 9.59 Å². The van der Waals surface area contributed by atoms with Gasteiger partial charge in [0.05, 0.1) is 10.4 Å². The van der Waals surface area contributed by atoms with Gasteiger partial charge in [-0.1, -0.05) is 38.9 Å². The van der Waals surface area contributed by atoms with Crippen molar-refractivity contribution in [2.75, 3.05) is 0 Å². The maximum atomic E-state index is 12.6. The van der Waals surface area contributed by atoms with E-state index in [2.05, 4.69) is 10.6 Å². The summed E-state index contributed by atoms with van der Waals surface area (Å²) in [7, 11) is 0. The van der Waals surface area contributed by atoms with Gasteiger partial charge in [0.1, 0.15) is 6.04 Å². The quantitative estimate of drug-likeness (QED) is 0.565. The summed E-state index contributed by atoms with van der Waals surface area (Å²) >= 11 is 5.15.